The van der Waals surface area contributed by atoms with Crippen LogP contribution in [-0.2, 0) is 11.2 Å². The van der Waals surface area contributed by atoms with Crippen LogP contribution in [0.1, 0.15) is 22.9 Å². The molecule has 0 aliphatic carbocycles. The molecule has 1 amide bonds. The van der Waals surface area contributed by atoms with Gasteiger partial charge in [0.25, 0.3) is 0 Å². The van der Waals surface area contributed by atoms with E-state index < -0.39 is 0 Å². The van der Waals surface area contributed by atoms with Crippen molar-refractivity contribution in [1.29, 1.82) is 0 Å². The standard InChI is InChI=1S/C25H19NO3/c27-23(26-25(22-11-6-14-28-22)18-8-2-1-3-9-18)15-19-16-29-21-13-12-17-7-4-5-10-20(17)24(19)21/h1-14,16,25H,15H2,(H,26,27)/t25-/m1/s1. The summed E-state index contributed by atoms with van der Waals surface area (Å²) in [7, 11) is 0. The van der Waals surface area contributed by atoms with E-state index in [4.69, 9.17) is 8.83 Å². The molecule has 29 heavy (non-hydrogen) atoms. The SMILES string of the molecule is O=C(Cc1coc2ccc3ccccc3c12)N[C@H](c1ccccc1)c1ccco1. The molecule has 2 heterocycles. The van der Waals surface area contributed by atoms with E-state index in [1.165, 1.54) is 0 Å². The number of nitrogens with one attached hydrogen (secondary N) is 1. The predicted octanol–water partition coefficient (Wildman–Crippen LogP) is 5.63. The molecule has 1 N–H and O–H groups in total. The molecule has 4 heteroatoms. The van der Waals surface area contributed by atoms with Gasteiger partial charge in [-0.1, -0.05) is 60.7 Å². The molecule has 0 aliphatic heterocycles. The second-order valence-corrected chi connectivity index (χ2v) is 7.02. The third kappa shape index (κ3) is 3.29. The van der Waals surface area contributed by atoms with E-state index in [0.717, 1.165) is 32.9 Å². The quantitative estimate of drug-likeness (QED) is 0.429. The highest BCUT2D eigenvalue weighted by molar-refractivity contribution is 6.08. The summed E-state index contributed by atoms with van der Waals surface area (Å²) in [4.78, 5) is 13.0. The molecular formula is C25H19NO3. The number of rotatable bonds is 5. The maximum Gasteiger partial charge on any atom is 0.225 e. The normalized spacial score (nSPS) is 12.3. The molecule has 0 bridgehead atoms. The summed E-state index contributed by atoms with van der Waals surface area (Å²) in [6.45, 7) is 0. The third-order valence-corrected chi connectivity index (χ3v) is 5.16. The van der Waals surface area contributed by atoms with Crippen molar-refractivity contribution in [3.8, 4) is 0 Å². The van der Waals surface area contributed by atoms with Crippen LogP contribution in [0.3, 0.4) is 0 Å². The lowest BCUT2D eigenvalue weighted by molar-refractivity contribution is -0.121. The highest BCUT2D eigenvalue weighted by atomic mass is 16.3. The lowest BCUT2D eigenvalue weighted by atomic mass is 10.0. The van der Waals surface area contributed by atoms with E-state index in [1.807, 2.05) is 66.7 Å². The molecule has 0 fully saturated rings. The number of hydrogen-bond acceptors (Lipinski definition) is 3. The van der Waals surface area contributed by atoms with Gasteiger partial charge in [0.05, 0.1) is 18.9 Å². The van der Waals surface area contributed by atoms with Gasteiger partial charge in [-0.25, -0.2) is 0 Å². The van der Waals surface area contributed by atoms with Crippen LogP contribution in [0.15, 0.2) is 100 Å². The van der Waals surface area contributed by atoms with Crippen molar-refractivity contribution in [2.45, 2.75) is 12.5 Å². The highest BCUT2D eigenvalue weighted by Crippen LogP contribution is 2.30. The van der Waals surface area contributed by atoms with Crippen LogP contribution in [0.5, 0.6) is 0 Å². The van der Waals surface area contributed by atoms with Crippen LogP contribution in [0.25, 0.3) is 21.7 Å². The van der Waals surface area contributed by atoms with E-state index >= 15 is 0 Å². The maximum absolute atomic E-state index is 13.0. The molecule has 2 aromatic heterocycles. The Labute approximate surface area is 167 Å². The minimum atomic E-state index is -0.339. The summed E-state index contributed by atoms with van der Waals surface area (Å²) in [6, 6.07) is 25.3. The van der Waals surface area contributed by atoms with Crippen molar-refractivity contribution in [2.24, 2.45) is 0 Å². The van der Waals surface area contributed by atoms with Gasteiger partial charge in [-0.15, -0.1) is 0 Å². The summed E-state index contributed by atoms with van der Waals surface area (Å²) < 4.78 is 11.3. The van der Waals surface area contributed by atoms with Gasteiger partial charge in [-0.05, 0) is 34.5 Å². The monoisotopic (exact) mass is 381 g/mol. The molecule has 0 saturated heterocycles. The Balaban J connectivity index is 1.46. The molecule has 4 nitrogen and oxygen atoms in total. The summed E-state index contributed by atoms with van der Waals surface area (Å²) >= 11 is 0. The molecule has 1 atom stereocenters. The predicted molar refractivity (Wildman–Crippen MR) is 113 cm³/mol. The molecule has 0 radical (unpaired) electrons. The number of benzene rings is 3. The second-order valence-electron chi connectivity index (χ2n) is 7.02. The van der Waals surface area contributed by atoms with E-state index in [2.05, 4.69) is 17.4 Å². The number of carbonyl (C=O) groups excluding carboxylic acids is 1. The number of carbonyl (C=O) groups is 1. The number of fused-ring (bicyclic) bond motifs is 3. The van der Waals surface area contributed by atoms with Crippen LogP contribution in [0.4, 0.5) is 0 Å². The Bertz CT molecular complexity index is 1270. The van der Waals surface area contributed by atoms with Crippen LogP contribution in [0, 0.1) is 0 Å². The van der Waals surface area contributed by atoms with Crippen molar-refractivity contribution in [2.75, 3.05) is 0 Å². The summed E-state index contributed by atoms with van der Waals surface area (Å²) in [6.07, 6.45) is 3.53. The minimum absolute atomic E-state index is 0.0918. The first kappa shape index (κ1) is 17.3. The van der Waals surface area contributed by atoms with Gasteiger partial charge < -0.3 is 14.2 Å². The molecule has 0 unspecified atom stereocenters. The first-order valence-corrected chi connectivity index (χ1v) is 9.55. The molecular weight excluding hydrogens is 362 g/mol. The summed E-state index contributed by atoms with van der Waals surface area (Å²) in [5.74, 6) is 0.609. The zero-order valence-electron chi connectivity index (χ0n) is 15.7. The zero-order valence-corrected chi connectivity index (χ0v) is 15.7. The van der Waals surface area contributed by atoms with Crippen LogP contribution in [0.2, 0.25) is 0 Å². The van der Waals surface area contributed by atoms with Gasteiger partial charge in [-0.3, -0.25) is 4.79 Å². The Morgan fingerprint density at radius 2 is 1.69 bits per heavy atom. The van der Waals surface area contributed by atoms with Gasteiger partial charge in [0.15, 0.2) is 0 Å². The number of furan rings is 2. The Kier molecular flexibility index (Phi) is 4.37. The van der Waals surface area contributed by atoms with Gasteiger partial charge in [0.2, 0.25) is 5.91 Å². The number of hydrogen-bond donors (Lipinski definition) is 1. The van der Waals surface area contributed by atoms with E-state index in [0.29, 0.717) is 5.76 Å². The minimum Gasteiger partial charge on any atom is -0.467 e. The van der Waals surface area contributed by atoms with Gasteiger partial charge in [-0.2, -0.15) is 0 Å². The first-order valence-electron chi connectivity index (χ1n) is 9.55. The van der Waals surface area contributed by atoms with Crippen LogP contribution >= 0.6 is 0 Å². The van der Waals surface area contributed by atoms with Crippen molar-refractivity contribution in [3.63, 3.8) is 0 Å². The van der Waals surface area contributed by atoms with Gasteiger partial charge >= 0.3 is 0 Å². The summed E-state index contributed by atoms with van der Waals surface area (Å²) in [5, 5.41) is 6.32. The fourth-order valence-corrected chi connectivity index (χ4v) is 3.81. The Hall–Kier alpha value is -3.79. The van der Waals surface area contributed by atoms with Crippen molar-refractivity contribution < 1.29 is 13.6 Å². The second kappa shape index (κ2) is 7.32. The summed E-state index contributed by atoms with van der Waals surface area (Å²) in [5.41, 5.74) is 2.64. The largest absolute Gasteiger partial charge is 0.467 e. The lowest BCUT2D eigenvalue weighted by Crippen LogP contribution is -2.30. The smallest absolute Gasteiger partial charge is 0.225 e. The molecule has 5 aromatic rings. The number of amides is 1. The maximum atomic E-state index is 13.0. The fourth-order valence-electron chi connectivity index (χ4n) is 3.81. The molecule has 5 rings (SSSR count). The Morgan fingerprint density at radius 3 is 2.52 bits per heavy atom. The van der Waals surface area contributed by atoms with E-state index in [-0.39, 0.29) is 18.4 Å². The molecule has 0 spiro atoms. The van der Waals surface area contributed by atoms with Crippen molar-refractivity contribution in [3.05, 3.63) is 108 Å². The molecule has 142 valence electrons. The average Bonchev–Trinajstić information content (AvgIpc) is 3.43. The molecule has 0 aliphatic rings. The topological polar surface area (TPSA) is 55.4 Å². The van der Waals surface area contributed by atoms with Crippen molar-refractivity contribution >= 4 is 27.6 Å². The van der Waals surface area contributed by atoms with Crippen molar-refractivity contribution in [1.82, 2.24) is 5.32 Å². The van der Waals surface area contributed by atoms with Crippen LogP contribution < -0.4 is 5.32 Å². The zero-order chi connectivity index (χ0) is 19.6. The molecule has 3 aromatic carbocycles. The fraction of sp³-hybridized carbons (Fsp3) is 0.0800. The van der Waals surface area contributed by atoms with E-state index in [1.54, 1.807) is 12.5 Å². The first-order chi connectivity index (χ1) is 14.3. The van der Waals surface area contributed by atoms with Gasteiger partial charge in [0, 0.05) is 10.9 Å². The highest BCUT2D eigenvalue weighted by Gasteiger charge is 2.21. The Morgan fingerprint density at radius 1 is 0.862 bits per heavy atom. The molecule has 0 saturated carbocycles. The third-order valence-electron chi connectivity index (χ3n) is 5.16. The van der Waals surface area contributed by atoms with Crippen LogP contribution in [-0.4, -0.2) is 5.91 Å². The lowest BCUT2D eigenvalue weighted by Gasteiger charge is -2.17. The average molecular weight is 381 g/mol. The van der Waals surface area contributed by atoms with E-state index in [9.17, 15) is 4.79 Å². The van der Waals surface area contributed by atoms with Gasteiger partial charge in [0.1, 0.15) is 17.4 Å².